The van der Waals surface area contributed by atoms with Crippen LogP contribution in [-0.2, 0) is 18.3 Å². The van der Waals surface area contributed by atoms with Gasteiger partial charge >= 0.3 is 0 Å². The van der Waals surface area contributed by atoms with Gasteiger partial charge in [0.15, 0.2) is 0 Å². The minimum atomic E-state index is -0.120. The first kappa shape index (κ1) is 16.4. The number of para-hydroxylation sites is 2. The maximum atomic E-state index is 12.7. The molecule has 4 aromatic rings. The molecular weight excluding hydrogens is 350 g/mol. The molecule has 0 saturated carbocycles. The van der Waals surface area contributed by atoms with Gasteiger partial charge in [0.25, 0.3) is 0 Å². The third-order valence-electron chi connectivity index (χ3n) is 4.24. The van der Waals surface area contributed by atoms with Crippen LogP contribution in [0.15, 0.2) is 61.3 Å². The van der Waals surface area contributed by atoms with Crippen LogP contribution in [0.2, 0.25) is 5.02 Å². The summed E-state index contributed by atoms with van der Waals surface area (Å²) in [5.74, 6) is -0.120. The van der Waals surface area contributed by atoms with E-state index in [2.05, 4.69) is 15.4 Å². The summed E-state index contributed by atoms with van der Waals surface area (Å²) in [4.78, 5) is 16.6. The summed E-state index contributed by atoms with van der Waals surface area (Å²) in [6.07, 6.45) is 5.22. The molecule has 4 rings (SSSR count). The molecule has 2 aromatic heterocycles. The first-order valence-corrected chi connectivity index (χ1v) is 8.47. The van der Waals surface area contributed by atoms with E-state index in [9.17, 15) is 4.79 Å². The first-order chi connectivity index (χ1) is 12.6. The summed E-state index contributed by atoms with van der Waals surface area (Å²) in [5.41, 5.74) is 3.26. The van der Waals surface area contributed by atoms with E-state index < -0.39 is 0 Å². The normalized spacial score (nSPS) is 11.0. The van der Waals surface area contributed by atoms with Crippen LogP contribution in [0.25, 0.3) is 16.6 Å². The number of nitrogens with one attached hydrogen (secondary N) is 1. The molecule has 2 heterocycles. The van der Waals surface area contributed by atoms with E-state index >= 15 is 0 Å². The largest absolute Gasteiger partial charge is 0.350 e. The highest BCUT2D eigenvalue weighted by molar-refractivity contribution is 6.33. The van der Waals surface area contributed by atoms with Gasteiger partial charge in [0, 0.05) is 24.1 Å². The number of nitrogens with zero attached hydrogens (tertiary/aromatic N) is 4. The zero-order valence-electron chi connectivity index (χ0n) is 14.1. The molecule has 1 amide bonds. The average molecular weight is 366 g/mol. The second kappa shape index (κ2) is 6.65. The topological polar surface area (TPSA) is 64.7 Å². The van der Waals surface area contributed by atoms with Gasteiger partial charge in [0.1, 0.15) is 18.3 Å². The fourth-order valence-electron chi connectivity index (χ4n) is 3.11. The van der Waals surface area contributed by atoms with Crippen molar-refractivity contribution in [2.75, 3.05) is 5.32 Å². The second-order valence-corrected chi connectivity index (χ2v) is 6.39. The molecule has 1 N–H and O–H groups in total. The van der Waals surface area contributed by atoms with Crippen LogP contribution in [0, 0.1) is 0 Å². The lowest BCUT2D eigenvalue weighted by atomic mass is 10.1. The quantitative estimate of drug-likeness (QED) is 0.601. The Labute approximate surface area is 155 Å². The van der Waals surface area contributed by atoms with Gasteiger partial charge in [-0.25, -0.2) is 9.67 Å². The lowest BCUT2D eigenvalue weighted by Gasteiger charge is -2.12. The van der Waals surface area contributed by atoms with Crippen molar-refractivity contribution in [1.82, 2.24) is 19.3 Å². The highest BCUT2D eigenvalue weighted by Gasteiger charge is 2.15. The monoisotopic (exact) mass is 365 g/mol. The molecular formula is C19H16ClN5O. The second-order valence-electron chi connectivity index (χ2n) is 5.98. The Kier molecular flexibility index (Phi) is 4.18. The fourth-order valence-corrected chi connectivity index (χ4v) is 3.37. The van der Waals surface area contributed by atoms with E-state index in [0.29, 0.717) is 16.4 Å². The SMILES string of the molecule is Cn1cc(CC(=O)Nc2cccc(Cl)c2-n2cncn2)c2ccccc21. The van der Waals surface area contributed by atoms with Crippen LogP contribution in [0.4, 0.5) is 5.69 Å². The minimum absolute atomic E-state index is 0.120. The third-order valence-corrected chi connectivity index (χ3v) is 4.54. The Morgan fingerprint density at radius 2 is 2.04 bits per heavy atom. The highest BCUT2D eigenvalue weighted by Crippen LogP contribution is 2.28. The predicted octanol–water partition coefficient (Wildman–Crippen LogP) is 3.59. The van der Waals surface area contributed by atoms with E-state index in [4.69, 9.17) is 11.6 Å². The number of carbonyl (C=O) groups excluding carboxylic acids is 1. The van der Waals surface area contributed by atoms with Gasteiger partial charge in [-0.1, -0.05) is 35.9 Å². The van der Waals surface area contributed by atoms with E-state index in [-0.39, 0.29) is 12.3 Å². The van der Waals surface area contributed by atoms with Crippen LogP contribution in [0.1, 0.15) is 5.56 Å². The third kappa shape index (κ3) is 2.95. The Morgan fingerprint density at radius 3 is 2.85 bits per heavy atom. The van der Waals surface area contributed by atoms with Crippen molar-refractivity contribution < 1.29 is 4.79 Å². The Balaban J connectivity index is 1.62. The maximum absolute atomic E-state index is 12.7. The van der Waals surface area contributed by atoms with Gasteiger partial charge in [-0.3, -0.25) is 4.79 Å². The molecule has 0 radical (unpaired) electrons. The lowest BCUT2D eigenvalue weighted by molar-refractivity contribution is -0.115. The lowest BCUT2D eigenvalue weighted by Crippen LogP contribution is -2.16. The number of amides is 1. The van der Waals surface area contributed by atoms with Gasteiger partial charge < -0.3 is 9.88 Å². The number of carbonyl (C=O) groups is 1. The molecule has 0 saturated heterocycles. The van der Waals surface area contributed by atoms with E-state index in [1.807, 2.05) is 42.1 Å². The zero-order chi connectivity index (χ0) is 18.1. The molecule has 0 aliphatic carbocycles. The average Bonchev–Trinajstić information content (AvgIpc) is 3.25. The molecule has 0 fully saturated rings. The Hall–Kier alpha value is -3.12. The standard InChI is InChI=1S/C19H16ClN5O/c1-24-10-13(14-5-2-3-8-17(14)24)9-18(26)23-16-7-4-6-15(20)19(16)25-12-21-11-22-25/h2-8,10-12H,9H2,1H3,(H,23,26). The van der Waals surface area contributed by atoms with Gasteiger partial charge in [0.2, 0.25) is 5.91 Å². The van der Waals surface area contributed by atoms with Gasteiger partial charge in [-0.2, -0.15) is 5.10 Å². The molecule has 0 aliphatic heterocycles. The molecule has 130 valence electrons. The summed E-state index contributed by atoms with van der Waals surface area (Å²) in [5, 5.41) is 8.61. The molecule has 0 atom stereocenters. The van der Waals surface area contributed by atoms with Crippen molar-refractivity contribution in [3.05, 3.63) is 71.9 Å². The Bertz CT molecular complexity index is 1080. The number of benzene rings is 2. The van der Waals surface area contributed by atoms with Crippen LogP contribution in [-0.4, -0.2) is 25.2 Å². The highest BCUT2D eigenvalue weighted by atomic mass is 35.5. The van der Waals surface area contributed by atoms with Gasteiger partial charge in [-0.15, -0.1) is 0 Å². The minimum Gasteiger partial charge on any atom is -0.350 e. The number of aromatic nitrogens is 4. The van der Waals surface area contributed by atoms with Crippen molar-refractivity contribution >= 4 is 34.1 Å². The number of rotatable bonds is 4. The number of anilines is 1. The fraction of sp³-hybridized carbons (Fsp3) is 0.105. The first-order valence-electron chi connectivity index (χ1n) is 8.10. The zero-order valence-corrected chi connectivity index (χ0v) is 14.8. The van der Waals surface area contributed by atoms with E-state index in [1.54, 1.807) is 24.5 Å². The molecule has 7 heteroatoms. The van der Waals surface area contributed by atoms with Crippen LogP contribution >= 0.6 is 11.6 Å². The molecule has 0 bridgehead atoms. The number of aryl methyl sites for hydroxylation is 1. The summed E-state index contributed by atoms with van der Waals surface area (Å²) >= 11 is 6.30. The molecule has 26 heavy (non-hydrogen) atoms. The smallest absolute Gasteiger partial charge is 0.228 e. The van der Waals surface area contributed by atoms with E-state index in [0.717, 1.165) is 16.5 Å². The van der Waals surface area contributed by atoms with Crippen molar-refractivity contribution in [1.29, 1.82) is 0 Å². The molecule has 6 nitrogen and oxygen atoms in total. The van der Waals surface area contributed by atoms with Crippen molar-refractivity contribution in [3.63, 3.8) is 0 Å². The number of hydrogen-bond acceptors (Lipinski definition) is 3. The summed E-state index contributed by atoms with van der Waals surface area (Å²) in [7, 11) is 1.98. The summed E-state index contributed by atoms with van der Waals surface area (Å²) in [6.45, 7) is 0. The number of hydrogen-bond donors (Lipinski definition) is 1. The van der Waals surface area contributed by atoms with Gasteiger partial charge in [0.05, 0.1) is 17.1 Å². The van der Waals surface area contributed by atoms with Crippen LogP contribution in [0.5, 0.6) is 0 Å². The van der Waals surface area contributed by atoms with Gasteiger partial charge in [-0.05, 0) is 23.8 Å². The predicted molar refractivity (Wildman–Crippen MR) is 102 cm³/mol. The Morgan fingerprint density at radius 1 is 1.19 bits per heavy atom. The van der Waals surface area contributed by atoms with Crippen LogP contribution in [0.3, 0.4) is 0 Å². The van der Waals surface area contributed by atoms with Crippen LogP contribution < -0.4 is 5.32 Å². The number of fused-ring (bicyclic) bond motifs is 1. The molecule has 0 spiro atoms. The molecule has 2 aromatic carbocycles. The number of halogens is 1. The summed E-state index contributed by atoms with van der Waals surface area (Å²) in [6, 6.07) is 13.4. The molecule has 0 aliphatic rings. The van der Waals surface area contributed by atoms with Crippen molar-refractivity contribution in [2.45, 2.75) is 6.42 Å². The summed E-state index contributed by atoms with van der Waals surface area (Å²) < 4.78 is 3.56. The van der Waals surface area contributed by atoms with Crippen molar-refractivity contribution in [2.24, 2.45) is 7.05 Å². The molecule has 0 unspecified atom stereocenters. The van der Waals surface area contributed by atoms with E-state index in [1.165, 1.54) is 11.0 Å². The van der Waals surface area contributed by atoms with Crippen molar-refractivity contribution in [3.8, 4) is 5.69 Å². The maximum Gasteiger partial charge on any atom is 0.228 e.